The molecule has 0 aromatic heterocycles. The summed E-state index contributed by atoms with van der Waals surface area (Å²) in [4.78, 5) is 37.0. The Morgan fingerprint density at radius 3 is 2.33 bits per heavy atom. The SMILES string of the molecule is CC(C)(C)OC(=O)NCCCC[C@@H](NC(=O)C1CCCC1)C(=O)COc1c(F)cccc1F. The first-order chi connectivity index (χ1) is 15.6. The fourth-order valence-corrected chi connectivity index (χ4v) is 3.63. The molecule has 1 aliphatic rings. The molecule has 9 heteroatoms. The number of amides is 2. The summed E-state index contributed by atoms with van der Waals surface area (Å²) in [5.74, 6) is -3.20. The Hall–Kier alpha value is -2.71. The molecule has 0 bridgehead atoms. The van der Waals surface area contributed by atoms with Crippen LogP contribution in [0.2, 0.25) is 0 Å². The fourth-order valence-electron chi connectivity index (χ4n) is 3.63. The zero-order chi connectivity index (χ0) is 24.4. The second-order valence-electron chi connectivity index (χ2n) is 9.27. The van der Waals surface area contributed by atoms with E-state index in [2.05, 4.69) is 10.6 Å². The van der Waals surface area contributed by atoms with E-state index in [-0.39, 0.29) is 11.8 Å². The van der Waals surface area contributed by atoms with Crippen molar-refractivity contribution in [2.45, 2.75) is 77.4 Å². The van der Waals surface area contributed by atoms with Gasteiger partial charge in [-0.1, -0.05) is 18.9 Å². The van der Waals surface area contributed by atoms with Gasteiger partial charge in [-0.3, -0.25) is 9.59 Å². The molecule has 0 radical (unpaired) electrons. The largest absolute Gasteiger partial charge is 0.480 e. The number of carbonyl (C=O) groups is 3. The molecular formula is C24H34F2N2O5. The van der Waals surface area contributed by atoms with Gasteiger partial charge in [0, 0.05) is 12.5 Å². The van der Waals surface area contributed by atoms with Crippen molar-refractivity contribution in [2.75, 3.05) is 13.2 Å². The molecule has 184 valence electrons. The van der Waals surface area contributed by atoms with Crippen molar-refractivity contribution in [1.82, 2.24) is 10.6 Å². The smallest absolute Gasteiger partial charge is 0.407 e. The van der Waals surface area contributed by atoms with Crippen molar-refractivity contribution < 1.29 is 32.6 Å². The highest BCUT2D eigenvalue weighted by molar-refractivity contribution is 5.90. The zero-order valence-electron chi connectivity index (χ0n) is 19.5. The third kappa shape index (κ3) is 9.35. The molecule has 1 fully saturated rings. The van der Waals surface area contributed by atoms with E-state index in [1.165, 1.54) is 6.07 Å². The summed E-state index contributed by atoms with van der Waals surface area (Å²) in [6.07, 6.45) is 4.40. The van der Waals surface area contributed by atoms with Crippen LogP contribution in [-0.4, -0.2) is 42.6 Å². The first-order valence-electron chi connectivity index (χ1n) is 11.4. The Bertz CT molecular complexity index is 799. The number of para-hydroxylation sites is 1. The van der Waals surface area contributed by atoms with E-state index >= 15 is 0 Å². The number of rotatable bonds is 11. The Morgan fingerprint density at radius 2 is 1.73 bits per heavy atom. The second kappa shape index (κ2) is 12.5. The molecule has 2 rings (SSSR count). The van der Waals surface area contributed by atoms with Crippen molar-refractivity contribution in [3.8, 4) is 5.75 Å². The van der Waals surface area contributed by atoms with Crippen LogP contribution in [0, 0.1) is 17.6 Å². The summed E-state index contributed by atoms with van der Waals surface area (Å²) < 4.78 is 37.8. The van der Waals surface area contributed by atoms with Crippen LogP contribution in [0.15, 0.2) is 18.2 Å². The van der Waals surface area contributed by atoms with Crippen LogP contribution in [0.5, 0.6) is 5.75 Å². The van der Waals surface area contributed by atoms with Crippen LogP contribution in [-0.2, 0) is 14.3 Å². The molecule has 0 unspecified atom stereocenters. The third-order valence-corrected chi connectivity index (χ3v) is 5.30. The van der Waals surface area contributed by atoms with E-state index in [4.69, 9.17) is 9.47 Å². The van der Waals surface area contributed by atoms with Gasteiger partial charge in [-0.15, -0.1) is 0 Å². The van der Waals surface area contributed by atoms with Crippen LogP contribution < -0.4 is 15.4 Å². The van der Waals surface area contributed by atoms with Crippen LogP contribution in [0.25, 0.3) is 0 Å². The maximum Gasteiger partial charge on any atom is 0.407 e. The highest BCUT2D eigenvalue weighted by Crippen LogP contribution is 2.25. The van der Waals surface area contributed by atoms with E-state index < -0.39 is 47.5 Å². The third-order valence-electron chi connectivity index (χ3n) is 5.30. The van der Waals surface area contributed by atoms with Gasteiger partial charge in [0.05, 0.1) is 6.04 Å². The minimum atomic E-state index is -0.900. The predicted octanol–water partition coefficient (Wildman–Crippen LogP) is 4.28. The van der Waals surface area contributed by atoms with Gasteiger partial charge in [-0.05, 0) is 65.0 Å². The molecule has 7 nitrogen and oxygen atoms in total. The summed E-state index contributed by atoms with van der Waals surface area (Å²) in [6.45, 7) is 5.09. The number of unbranched alkanes of at least 4 members (excludes halogenated alkanes) is 1. The maximum atomic E-state index is 13.8. The summed E-state index contributed by atoms with van der Waals surface area (Å²) in [7, 11) is 0. The fraction of sp³-hybridized carbons (Fsp3) is 0.625. The number of ether oxygens (including phenoxy) is 2. The summed E-state index contributed by atoms with van der Waals surface area (Å²) in [6, 6.07) is 2.45. The number of ketones is 1. The number of halogens is 2. The number of hydrogen-bond acceptors (Lipinski definition) is 5. The molecule has 2 amide bonds. The molecule has 1 aromatic rings. The normalized spacial score (nSPS) is 15.1. The topological polar surface area (TPSA) is 93.7 Å². The molecule has 2 N–H and O–H groups in total. The van der Waals surface area contributed by atoms with E-state index in [1.54, 1.807) is 20.8 Å². The average Bonchev–Trinajstić information content (AvgIpc) is 3.25. The van der Waals surface area contributed by atoms with Gasteiger partial charge in [-0.2, -0.15) is 0 Å². The molecule has 0 saturated heterocycles. The lowest BCUT2D eigenvalue weighted by Gasteiger charge is -2.21. The number of hydrogen-bond donors (Lipinski definition) is 2. The standard InChI is InChI=1S/C24H34F2N2O5/c1-24(2,3)33-23(31)27-14-7-6-13-19(28-22(30)16-9-4-5-10-16)20(29)15-32-21-17(25)11-8-12-18(21)26/h8,11-12,16,19H,4-7,9-10,13-15H2,1-3H3,(H,27,31)(H,28,30)/t19-/m1/s1. The number of alkyl carbamates (subject to hydrolysis) is 1. The van der Waals surface area contributed by atoms with Crippen molar-refractivity contribution >= 4 is 17.8 Å². The minimum absolute atomic E-state index is 0.126. The predicted molar refractivity (Wildman–Crippen MR) is 119 cm³/mol. The van der Waals surface area contributed by atoms with Gasteiger partial charge in [0.1, 0.15) is 12.2 Å². The van der Waals surface area contributed by atoms with Gasteiger partial charge in [0.25, 0.3) is 0 Å². The first-order valence-corrected chi connectivity index (χ1v) is 11.4. The second-order valence-corrected chi connectivity index (χ2v) is 9.27. The molecule has 1 atom stereocenters. The summed E-state index contributed by atoms with van der Waals surface area (Å²) >= 11 is 0. The van der Waals surface area contributed by atoms with Gasteiger partial charge in [0.15, 0.2) is 23.2 Å². The minimum Gasteiger partial charge on any atom is -0.480 e. The summed E-state index contributed by atoms with van der Waals surface area (Å²) in [5, 5.41) is 5.43. The summed E-state index contributed by atoms with van der Waals surface area (Å²) in [5.41, 5.74) is -0.593. The number of benzene rings is 1. The van der Waals surface area contributed by atoms with Gasteiger partial charge >= 0.3 is 6.09 Å². The van der Waals surface area contributed by atoms with Crippen LogP contribution in [0.1, 0.15) is 65.7 Å². The van der Waals surface area contributed by atoms with Crippen molar-refractivity contribution in [1.29, 1.82) is 0 Å². The molecule has 0 spiro atoms. The Kier molecular flexibility index (Phi) is 10.1. The molecule has 1 aliphatic carbocycles. The van der Waals surface area contributed by atoms with Crippen molar-refractivity contribution in [2.24, 2.45) is 5.92 Å². The Balaban J connectivity index is 1.88. The Morgan fingerprint density at radius 1 is 1.09 bits per heavy atom. The van der Waals surface area contributed by atoms with Crippen molar-refractivity contribution in [3.63, 3.8) is 0 Å². The molecule has 0 aliphatic heterocycles. The average molecular weight is 469 g/mol. The number of carbonyl (C=O) groups excluding carboxylic acids is 3. The van der Waals surface area contributed by atoms with Gasteiger partial charge < -0.3 is 20.1 Å². The first kappa shape index (κ1) is 26.5. The molecule has 1 saturated carbocycles. The van der Waals surface area contributed by atoms with Crippen LogP contribution in [0.3, 0.4) is 0 Å². The highest BCUT2D eigenvalue weighted by atomic mass is 19.1. The van der Waals surface area contributed by atoms with Crippen molar-refractivity contribution in [3.05, 3.63) is 29.8 Å². The lowest BCUT2D eigenvalue weighted by Crippen LogP contribution is -2.45. The monoisotopic (exact) mass is 468 g/mol. The Labute approximate surface area is 193 Å². The molecule has 0 heterocycles. The van der Waals surface area contributed by atoms with E-state index in [1.807, 2.05) is 0 Å². The van der Waals surface area contributed by atoms with Crippen LogP contribution >= 0.6 is 0 Å². The van der Waals surface area contributed by atoms with E-state index in [0.29, 0.717) is 25.8 Å². The zero-order valence-corrected chi connectivity index (χ0v) is 19.5. The maximum absolute atomic E-state index is 13.8. The number of Topliss-reactive ketones (excluding diaryl/α,β-unsaturated/α-hetero) is 1. The lowest BCUT2D eigenvalue weighted by atomic mass is 10.0. The van der Waals surface area contributed by atoms with E-state index in [9.17, 15) is 23.2 Å². The van der Waals surface area contributed by atoms with E-state index in [0.717, 1.165) is 37.8 Å². The van der Waals surface area contributed by atoms with Gasteiger partial charge in [0.2, 0.25) is 5.91 Å². The molecule has 1 aromatic carbocycles. The lowest BCUT2D eigenvalue weighted by molar-refractivity contribution is -0.131. The molecular weight excluding hydrogens is 434 g/mol. The highest BCUT2D eigenvalue weighted by Gasteiger charge is 2.28. The number of nitrogens with one attached hydrogen (secondary N) is 2. The van der Waals surface area contributed by atoms with Crippen LogP contribution in [0.4, 0.5) is 13.6 Å². The van der Waals surface area contributed by atoms with Gasteiger partial charge in [-0.25, -0.2) is 13.6 Å². The molecule has 33 heavy (non-hydrogen) atoms. The quantitative estimate of drug-likeness (QED) is 0.473.